The van der Waals surface area contributed by atoms with E-state index in [2.05, 4.69) is 28.2 Å². The minimum absolute atomic E-state index is 0.0210. The third-order valence-corrected chi connectivity index (χ3v) is 4.40. The van der Waals surface area contributed by atoms with Crippen LogP contribution in [0, 0.1) is 5.92 Å². The van der Waals surface area contributed by atoms with E-state index in [-0.39, 0.29) is 11.9 Å². The molecule has 0 aliphatic heterocycles. The lowest BCUT2D eigenvalue weighted by Gasteiger charge is -2.17. The summed E-state index contributed by atoms with van der Waals surface area (Å²) in [4.78, 5) is 12.0. The van der Waals surface area contributed by atoms with Crippen molar-refractivity contribution < 1.29 is 4.79 Å². The predicted molar refractivity (Wildman–Crippen MR) is 87.4 cm³/mol. The largest absolute Gasteiger partial charge is 0.350 e. The van der Waals surface area contributed by atoms with Gasteiger partial charge in [-0.05, 0) is 43.9 Å². The third kappa shape index (κ3) is 5.63. The molecule has 2 unspecified atom stereocenters. The summed E-state index contributed by atoms with van der Waals surface area (Å²) in [5.74, 6) is 0.674. The quantitative estimate of drug-likeness (QED) is 0.756. The fourth-order valence-electron chi connectivity index (χ4n) is 2.34. The first-order valence-corrected chi connectivity index (χ1v) is 8.11. The maximum atomic E-state index is 12.0. The van der Waals surface area contributed by atoms with E-state index in [9.17, 15) is 4.79 Å². The second-order valence-corrected chi connectivity index (χ2v) is 6.06. The summed E-state index contributed by atoms with van der Waals surface area (Å²) in [5.41, 5.74) is 6.69. The summed E-state index contributed by atoms with van der Waals surface area (Å²) in [6.45, 7) is 4.87. The first-order valence-electron chi connectivity index (χ1n) is 7.32. The number of hydrogen-bond donors (Lipinski definition) is 2. The predicted octanol–water partition coefficient (Wildman–Crippen LogP) is 3.78. The number of nitrogens with two attached hydrogens (primary N) is 1. The van der Waals surface area contributed by atoms with Crippen LogP contribution in [0.25, 0.3) is 0 Å². The Morgan fingerprint density at radius 2 is 2.05 bits per heavy atom. The third-order valence-electron chi connectivity index (χ3n) is 3.68. The Labute approximate surface area is 130 Å². The number of halogens is 1. The van der Waals surface area contributed by atoms with Crippen molar-refractivity contribution in [1.29, 1.82) is 0 Å². The smallest absolute Gasteiger partial charge is 0.220 e. The molecule has 0 spiro atoms. The maximum absolute atomic E-state index is 12.0. The number of carbonyl (C=O) groups is 1. The molecule has 3 nitrogen and oxygen atoms in total. The molecule has 1 amide bonds. The highest BCUT2D eigenvalue weighted by atomic mass is 79.9. The Balaban J connectivity index is 2.44. The SMILES string of the molecule is CCC(CCN)CCC(=O)NC(C)c1ccccc1Br. The molecule has 0 saturated carbocycles. The van der Waals surface area contributed by atoms with Crippen LogP contribution < -0.4 is 11.1 Å². The second-order valence-electron chi connectivity index (χ2n) is 5.20. The highest BCUT2D eigenvalue weighted by molar-refractivity contribution is 9.10. The number of benzene rings is 1. The van der Waals surface area contributed by atoms with Gasteiger partial charge in [0.05, 0.1) is 6.04 Å². The molecule has 1 aromatic rings. The molecule has 0 heterocycles. The molecule has 4 heteroatoms. The van der Waals surface area contributed by atoms with E-state index in [1.807, 2.05) is 31.2 Å². The van der Waals surface area contributed by atoms with E-state index < -0.39 is 0 Å². The molecule has 1 rings (SSSR count). The molecule has 2 atom stereocenters. The summed E-state index contributed by atoms with van der Waals surface area (Å²) < 4.78 is 1.03. The van der Waals surface area contributed by atoms with E-state index in [1.165, 1.54) is 0 Å². The van der Waals surface area contributed by atoms with Gasteiger partial charge in [0.15, 0.2) is 0 Å². The van der Waals surface area contributed by atoms with Crippen molar-refractivity contribution in [3.05, 3.63) is 34.3 Å². The van der Waals surface area contributed by atoms with E-state index in [0.717, 1.165) is 29.3 Å². The van der Waals surface area contributed by atoms with Crippen LogP contribution in [0.15, 0.2) is 28.7 Å². The Morgan fingerprint density at radius 1 is 1.35 bits per heavy atom. The summed E-state index contributed by atoms with van der Waals surface area (Å²) in [6, 6.07) is 8.00. The molecular formula is C16H25BrN2O. The van der Waals surface area contributed by atoms with Gasteiger partial charge in [0, 0.05) is 10.9 Å². The van der Waals surface area contributed by atoms with Gasteiger partial charge < -0.3 is 11.1 Å². The van der Waals surface area contributed by atoms with Gasteiger partial charge in [-0.15, -0.1) is 0 Å². The monoisotopic (exact) mass is 340 g/mol. The van der Waals surface area contributed by atoms with Crippen LogP contribution in [0.1, 0.15) is 51.1 Å². The molecule has 3 N–H and O–H groups in total. The van der Waals surface area contributed by atoms with E-state index in [0.29, 0.717) is 18.9 Å². The molecule has 20 heavy (non-hydrogen) atoms. The Bertz CT molecular complexity index is 423. The zero-order chi connectivity index (χ0) is 15.0. The van der Waals surface area contributed by atoms with E-state index in [1.54, 1.807) is 0 Å². The summed E-state index contributed by atoms with van der Waals surface area (Å²) >= 11 is 3.52. The zero-order valence-electron chi connectivity index (χ0n) is 12.4. The van der Waals surface area contributed by atoms with Gasteiger partial charge in [-0.25, -0.2) is 0 Å². The topological polar surface area (TPSA) is 55.1 Å². The molecule has 0 bridgehead atoms. The van der Waals surface area contributed by atoms with Crippen molar-refractivity contribution >= 4 is 21.8 Å². The molecule has 1 aromatic carbocycles. The molecule has 112 valence electrons. The second kappa shape index (κ2) is 9.14. The molecule has 0 aliphatic carbocycles. The lowest BCUT2D eigenvalue weighted by atomic mass is 9.96. The molecular weight excluding hydrogens is 316 g/mol. The van der Waals surface area contributed by atoms with Gasteiger partial charge in [-0.2, -0.15) is 0 Å². The van der Waals surface area contributed by atoms with Crippen LogP contribution in [-0.4, -0.2) is 12.5 Å². The van der Waals surface area contributed by atoms with Crippen molar-refractivity contribution in [2.75, 3.05) is 6.54 Å². The number of hydrogen-bond acceptors (Lipinski definition) is 2. The van der Waals surface area contributed by atoms with E-state index >= 15 is 0 Å². The van der Waals surface area contributed by atoms with Crippen molar-refractivity contribution in [3.63, 3.8) is 0 Å². The summed E-state index contributed by atoms with van der Waals surface area (Å²) in [5, 5.41) is 3.06. The number of nitrogens with one attached hydrogen (secondary N) is 1. The minimum Gasteiger partial charge on any atom is -0.350 e. The van der Waals surface area contributed by atoms with Crippen molar-refractivity contribution in [1.82, 2.24) is 5.32 Å². The van der Waals surface area contributed by atoms with Crippen molar-refractivity contribution in [3.8, 4) is 0 Å². The molecule has 0 aliphatic rings. The van der Waals surface area contributed by atoms with Crippen LogP contribution in [-0.2, 0) is 4.79 Å². The Kier molecular flexibility index (Phi) is 7.85. The highest BCUT2D eigenvalue weighted by Gasteiger charge is 2.13. The Morgan fingerprint density at radius 3 is 2.65 bits per heavy atom. The Hall–Kier alpha value is -0.870. The fourth-order valence-corrected chi connectivity index (χ4v) is 2.97. The van der Waals surface area contributed by atoms with Crippen LogP contribution >= 0.6 is 15.9 Å². The first-order chi connectivity index (χ1) is 9.58. The number of carbonyl (C=O) groups excluding carboxylic acids is 1. The average Bonchev–Trinajstić information content (AvgIpc) is 2.43. The molecule has 0 radical (unpaired) electrons. The van der Waals surface area contributed by atoms with Crippen molar-refractivity contribution in [2.45, 2.75) is 45.6 Å². The first kappa shape index (κ1) is 17.2. The van der Waals surface area contributed by atoms with Crippen LogP contribution in [0.2, 0.25) is 0 Å². The molecule has 0 fully saturated rings. The van der Waals surface area contributed by atoms with Gasteiger partial charge in [-0.3, -0.25) is 4.79 Å². The van der Waals surface area contributed by atoms with Crippen molar-refractivity contribution in [2.24, 2.45) is 11.7 Å². The zero-order valence-corrected chi connectivity index (χ0v) is 13.9. The number of amides is 1. The van der Waals surface area contributed by atoms with Crippen LogP contribution in [0.3, 0.4) is 0 Å². The lowest BCUT2D eigenvalue weighted by Crippen LogP contribution is -2.27. The number of rotatable bonds is 8. The van der Waals surface area contributed by atoms with Crippen LogP contribution in [0.5, 0.6) is 0 Å². The minimum atomic E-state index is 0.0210. The maximum Gasteiger partial charge on any atom is 0.220 e. The van der Waals surface area contributed by atoms with Gasteiger partial charge >= 0.3 is 0 Å². The summed E-state index contributed by atoms with van der Waals surface area (Å²) in [6.07, 6.45) is 3.59. The van der Waals surface area contributed by atoms with E-state index in [4.69, 9.17) is 5.73 Å². The average molecular weight is 341 g/mol. The molecule has 0 aromatic heterocycles. The van der Waals surface area contributed by atoms with Gasteiger partial charge in [0.1, 0.15) is 0 Å². The molecule has 0 saturated heterocycles. The van der Waals surface area contributed by atoms with Gasteiger partial charge in [0.2, 0.25) is 5.91 Å². The van der Waals surface area contributed by atoms with Crippen LogP contribution in [0.4, 0.5) is 0 Å². The fraction of sp³-hybridized carbons (Fsp3) is 0.562. The highest BCUT2D eigenvalue weighted by Crippen LogP contribution is 2.23. The standard InChI is InChI=1S/C16H25BrN2O/c1-3-13(10-11-18)8-9-16(20)19-12(2)14-6-4-5-7-15(14)17/h4-7,12-13H,3,8-11,18H2,1-2H3,(H,19,20). The van der Waals surface area contributed by atoms with Gasteiger partial charge in [-0.1, -0.05) is 47.5 Å². The normalized spacial score (nSPS) is 13.8. The van der Waals surface area contributed by atoms with Gasteiger partial charge in [0.25, 0.3) is 0 Å². The summed E-state index contributed by atoms with van der Waals surface area (Å²) in [7, 11) is 0. The lowest BCUT2D eigenvalue weighted by molar-refractivity contribution is -0.122.